The number of hydrogen-bond acceptors (Lipinski definition) is 6. The van der Waals surface area contributed by atoms with Crippen molar-refractivity contribution in [1.82, 2.24) is 0 Å². The van der Waals surface area contributed by atoms with E-state index in [4.69, 9.17) is 26.2 Å². The molecular formula is C18H12ClNO6. The van der Waals surface area contributed by atoms with E-state index in [9.17, 15) is 14.4 Å². The number of aromatic carboxylic acids is 1. The fraction of sp³-hybridized carbons (Fsp3) is 0.0556. The summed E-state index contributed by atoms with van der Waals surface area (Å²) in [4.78, 5) is 34.8. The van der Waals surface area contributed by atoms with Crippen molar-refractivity contribution in [3.8, 4) is 0 Å². The Morgan fingerprint density at radius 2 is 1.69 bits per heavy atom. The largest absolute Gasteiger partial charge is 0.478 e. The van der Waals surface area contributed by atoms with Crippen LogP contribution in [0.3, 0.4) is 0 Å². The molecule has 0 fully saturated rings. The van der Waals surface area contributed by atoms with Gasteiger partial charge in [0, 0.05) is 5.69 Å². The van der Waals surface area contributed by atoms with Crippen molar-refractivity contribution in [1.29, 1.82) is 0 Å². The van der Waals surface area contributed by atoms with Crippen LogP contribution in [0.15, 0.2) is 65.3 Å². The van der Waals surface area contributed by atoms with Gasteiger partial charge in [0.25, 0.3) is 6.29 Å². The first kappa shape index (κ1) is 17.5. The van der Waals surface area contributed by atoms with E-state index in [-0.39, 0.29) is 21.9 Å². The summed E-state index contributed by atoms with van der Waals surface area (Å²) in [6.07, 6.45) is -1.33. The van der Waals surface area contributed by atoms with Gasteiger partial charge < -0.3 is 19.9 Å². The molecule has 0 spiro atoms. The molecule has 3 rings (SSSR count). The quantitative estimate of drug-likeness (QED) is 0.777. The molecule has 0 saturated carbocycles. The SMILES string of the molecule is O=C1OC(OC(=O)c2ccccc2)C(Nc2ccc(C(=O)O)cc2)=C1Cl. The molecule has 26 heavy (non-hydrogen) atoms. The first-order chi connectivity index (χ1) is 12.5. The highest BCUT2D eigenvalue weighted by Crippen LogP contribution is 2.28. The second-order valence-electron chi connectivity index (χ2n) is 5.24. The molecule has 0 radical (unpaired) electrons. The van der Waals surface area contributed by atoms with Gasteiger partial charge in [-0.3, -0.25) is 0 Å². The number of anilines is 1. The minimum Gasteiger partial charge on any atom is -0.478 e. The van der Waals surface area contributed by atoms with Crippen LogP contribution in [-0.4, -0.2) is 29.3 Å². The summed E-state index contributed by atoms with van der Waals surface area (Å²) < 4.78 is 10.2. The van der Waals surface area contributed by atoms with Gasteiger partial charge in [-0.15, -0.1) is 0 Å². The van der Waals surface area contributed by atoms with E-state index < -0.39 is 24.2 Å². The van der Waals surface area contributed by atoms with Gasteiger partial charge in [0.1, 0.15) is 5.70 Å². The number of hydrogen-bond donors (Lipinski definition) is 2. The third kappa shape index (κ3) is 3.68. The molecule has 0 saturated heterocycles. The number of nitrogens with one attached hydrogen (secondary N) is 1. The van der Waals surface area contributed by atoms with Crippen LogP contribution < -0.4 is 5.32 Å². The van der Waals surface area contributed by atoms with Crippen LogP contribution in [0.1, 0.15) is 20.7 Å². The van der Waals surface area contributed by atoms with Crippen LogP contribution in [0.2, 0.25) is 0 Å². The molecule has 2 aromatic carbocycles. The Balaban J connectivity index is 1.78. The summed E-state index contributed by atoms with van der Waals surface area (Å²) in [7, 11) is 0. The third-order valence-electron chi connectivity index (χ3n) is 3.50. The Bertz CT molecular complexity index is 892. The molecular weight excluding hydrogens is 362 g/mol. The van der Waals surface area contributed by atoms with Crippen LogP contribution in [0.5, 0.6) is 0 Å². The summed E-state index contributed by atoms with van der Waals surface area (Å²) in [5.41, 5.74) is 0.893. The fourth-order valence-electron chi connectivity index (χ4n) is 2.21. The number of rotatable bonds is 5. The minimum atomic E-state index is -1.33. The van der Waals surface area contributed by atoms with E-state index in [1.54, 1.807) is 30.3 Å². The van der Waals surface area contributed by atoms with Gasteiger partial charge in [0.15, 0.2) is 5.03 Å². The van der Waals surface area contributed by atoms with E-state index in [0.717, 1.165) is 0 Å². The van der Waals surface area contributed by atoms with Crippen LogP contribution in [-0.2, 0) is 14.3 Å². The Hall–Kier alpha value is -3.32. The molecule has 7 nitrogen and oxygen atoms in total. The number of esters is 2. The number of cyclic esters (lactones) is 1. The van der Waals surface area contributed by atoms with Crippen LogP contribution in [0, 0.1) is 0 Å². The van der Waals surface area contributed by atoms with Crippen molar-refractivity contribution in [2.24, 2.45) is 0 Å². The normalized spacial score (nSPS) is 16.2. The summed E-state index contributed by atoms with van der Waals surface area (Å²) >= 11 is 5.94. The van der Waals surface area contributed by atoms with Gasteiger partial charge in [0.2, 0.25) is 0 Å². The van der Waals surface area contributed by atoms with Crippen molar-refractivity contribution < 1.29 is 29.0 Å². The van der Waals surface area contributed by atoms with Gasteiger partial charge in [-0.2, -0.15) is 0 Å². The maximum atomic E-state index is 12.2. The second kappa shape index (κ2) is 7.28. The van der Waals surface area contributed by atoms with E-state index >= 15 is 0 Å². The highest BCUT2D eigenvalue weighted by molar-refractivity contribution is 6.42. The summed E-state index contributed by atoms with van der Waals surface area (Å²) in [5.74, 6) is -2.58. The zero-order chi connectivity index (χ0) is 18.7. The zero-order valence-electron chi connectivity index (χ0n) is 13.1. The summed E-state index contributed by atoms with van der Waals surface area (Å²) in [5, 5.41) is 11.5. The second-order valence-corrected chi connectivity index (χ2v) is 5.62. The van der Waals surface area contributed by atoms with Gasteiger partial charge in [-0.05, 0) is 36.4 Å². The van der Waals surface area contributed by atoms with Gasteiger partial charge in [-0.25, -0.2) is 14.4 Å². The molecule has 1 aliphatic rings. The predicted molar refractivity (Wildman–Crippen MR) is 91.6 cm³/mol. The Morgan fingerprint density at radius 1 is 1.04 bits per heavy atom. The highest BCUT2D eigenvalue weighted by atomic mass is 35.5. The van der Waals surface area contributed by atoms with Crippen LogP contribution >= 0.6 is 11.6 Å². The topological polar surface area (TPSA) is 102 Å². The number of carbonyl (C=O) groups is 3. The molecule has 0 amide bonds. The van der Waals surface area contributed by atoms with Crippen molar-refractivity contribution in [3.63, 3.8) is 0 Å². The number of ether oxygens (including phenoxy) is 2. The summed E-state index contributed by atoms with van der Waals surface area (Å²) in [6, 6.07) is 13.9. The first-order valence-corrected chi connectivity index (χ1v) is 7.80. The third-order valence-corrected chi connectivity index (χ3v) is 3.86. The molecule has 0 aliphatic carbocycles. The van der Waals surface area contributed by atoms with E-state index in [1.807, 2.05) is 0 Å². The Morgan fingerprint density at radius 3 is 2.31 bits per heavy atom. The molecule has 0 aromatic heterocycles. The lowest BCUT2D eigenvalue weighted by Crippen LogP contribution is -2.24. The van der Waals surface area contributed by atoms with E-state index in [0.29, 0.717) is 5.69 Å². The van der Waals surface area contributed by atoms with Gasteiger partial charge in [-0.1, -0.05) is 29.8 Å². The first-order valence-electron chi connectivity index (χ1n) is 7.43. The molecule has 0 bridgehead atoms. The Labute approximate surface area is 152 Å². The fourth-order valence-corrected chi connectivity index (χ4v) is 2.39. The Kier molecular flexibility index (Phi) is 4.90. The molecule has 1 unspecified atom stereocenters. The van der Waals surface area contributed by atoms with E-state index in [2.05, 4.69) is 5.32 Å². The number of carboxylic acids is 1. The van der Waals surface area contributed by atoms with Crippen molar-refractivity contribution in [2.75, 3.05) is 5.32 Å². The molecule has 132 valence electrons. The number of halogens is 1. The molecule has 1 atom stereocenters. The van der Waals surface area contributed by atoms with Crippen LogP contribution in [0.4, 0.5) is 5.69 Å². The monoisotopic (exact) mass is 373 g/mol. The lowest BCUT2D eigenvalue weighted by atomic mass is 10.2. The number of carbonyl (C=O) groups excluding carboxylic acids is 2. The van der Waals surface area contributed by atoms with Gasteiger partial charge >= 0.3 is 17.9 Å². The maximum absolute atomic E-state index is 12.2. The van der Waals surface area contributed by atoms with Crippen molar-refractivity contribution in [3.05, 3.63) is 76.5 Å². The number of carboxylic acid groups (broad SMARTS) is 1. The van der Waals surface area contributed by atoms with Crippen LogP contribution in [0.25, 0.3) is 0 Å². The number of benzene rings is 2. The standard InChI is InChI=1S/C18H12ClNO6/c19-13-14(20-12-8-6-10(7-9-12)15(21)22)18(26-17(13)24)25-16(23)11-4-2-1-3-5-11/h1-9,18,20H,(H,21,22). The van der Waals surface area contributed by atoms with E-state index in [1.165, 1.54) is 24.3 Å². The molecule has 2 N–H and O–H groups in total. The molecule has 1 aliphatic heterocycles. The molecule has 8 heteroatoms. The summed E-state index contributed by atoms with van der Waals surface area (Å²) in [6.45, 7) is 0. The molecule has 1 heterocycles. The maximum Gasteiger partial charge on any atom is 0.355 e. The average molecular weight is 374 g/mol. The average Bonchev–Trinajstić information content (AvgIpc) is 2.90. The van der Waals surface area contributed by atoms with Gasteiger partial charge in [0.05, 0.1) is 11.1 Å². The smallest absolute Gasteiger partial charge is 0.355 e. The minimum absolute atomic E-state index is 0.0593. The predicted octanol–water partition coefficient (Wildman–Crippen LogP) is 2.99. The molecule has 2 aromatic rings. The highest BCUT2D eigenvalue weighted by Gasteiger charge is 2.36. The lowest BCUT2D eigenvalue weighted by Gasteiger charge is -2.16. The van der Waals surface area contributed by atoms with Crippen molar-refractivity contribution in [2.45, 2.75) is 6.29 Å². The zero-order valence-corrected chi connectivity index (χ0v) is 13.9. The lowest BCUT2D eigenvalue weighted by molar-refractivity contribution is -0.152. The van der Waals surface area contributed by atoms with Crippen molar-refractivity contribution >= 4 is 35.2 Å².